The van der Waals surface area contributed by atoms with Crippen molar-refractivity contribution in [1.82, 2.24) is 14.7 Å². The lowest BCUT2D eigenvalue weighted by molar-refractivity contribution is -0.138. The van der Waals surface area contributed by atoms with E-state index in [9.17, 15) is 9.59 Å². The minimum atomic E-state index is -0.0926. The number of nitrogens with zero attached hydrogens (tertiary/aromatic N) is 3. The average molecular weight is 284 g/mol. The lowest BCUT2D eigenvalue weighted by Gasteiger charge is -2.37. The smallest absolute Gasteiger partial charge is 0.236 e. The molecular weight excluding hydrogens is 256 g/mol. The fourth-order valence-corrected chi connectivity index (χ4v) is 2.35. The number of piperazine rings is 1. The number of nitrogens with two attached hydrogens (primary N) is 1. The van der Waals surface area contributed by atoms with Gasteiger partial charge in [-0.15, -0.1) is 0 Å². The van der Waals surface area contributed by atoms with Crippen LogP contribution in [0.2, 0.25) is 0 Å². The third kappa shape index (κ3) is 4.45. The number of amides is 2. The highest BCUT2D eigenvalue weighted by molar-refractivity contribution is 5.80. The Morgan fingerprint density at radius 1 is 1.15 bits per heavy atom. The Morgan fingerprint density at radius 3 is 2.10 bits per heavy atom. The number of hydrogen-bond donors (Lipinski definition) is 1. The minimum absolute atomic E-state index is 0.0926. The van der Waals surface area contributed by atoms with Gasteiger partial charge in [0.05, 0.1) is 12.5 Å². The van der Waals surface area contributed by atoms with Crippen LogP contribution < -0.4 is 5.73 Å². The standard InChI is InChI=1S/C14H28N4O2/c1-11(2)12(9-15)14(20)18-7-5-17(6-8-18)10-13(19)16(3)4/h11-12H,5-10,15H2,1-4H3. The van der Waals surface area contributed by atoms with Crippen molar-refractivity contribution < 1.29 is 9.59 Å². The van der Waals surface area contributed by atoms with Gasteiger partial charge in [0, 0.05) is 46.8 Å². The van der Waals surface area contributed by atoms with Crippen LogP contribution in [0, 0.1) is 11.8 Å². The summed E-state index contributed by atoms with van der Waals surface area (Å²) in [5.74, 6) is 0.429. The fraction of sp³-hybridized carbons (Fsp3) is 0.857. The zero-order chi connectivity index (χ0) is 15.3. The lowest BCUT2D eigenvalue weighted by Crippen LogP contribution is -2.53. The molecule has 116 valence electrons. The summed E-state index contributed by atoms with van der Waals surface area (Å²) in [6, 6.07) is 0. The maximum absolute atomic E-state index is 12.4. The van der Waals surface area contributed by atoms with Crippen LogP contribution in [-0.2, 0) is 9.59 Å². The molecule has 1 aliphatic heterocycles. The van der Waals surface area contributed by atoms with Crippen molar-refractivity contribution in [2.24, 2.45) is 17.6 Å². The molecule has 2 N–H and O–H groups in total. The number of carbonyl (C=O) groups excluding carboxylic acids is 2. The first-order valence-corrected chi connectivity index (χ1v) is 7.28. The average Bonchev–Trinajstić information content (AvgIpc) is 2.39. The first-order chi connectivity index (χ1) is 9.36. The summed E-state index contributed by atoms with van der Waals surface area (Å²) < 4.78 is 0. The van der Waals surface area contributed by atoms with E-state index in [4.69, 9.17) is 5.73 Å². The van der Waals surface area contributed by atoms with Gasteiger partial charge in [-0.3, -0.25) is 14.5 Å². The van der Waals surface area contributed by atoms with Crippen LogP contribution in [0.4, 0.5) is 0 Å². The molecule has 1 unspecified atom stereocenters. The highest BCUT2D eigenvalue weighted by Gasteiger charge is 2.28. The van der Waals surface area contributed by atoms with Gasteiger partial charge in [-0.1, -0.05) is 13.8 Å². The third-order valence-corrected chi connectivity index (χ3v) is 3.92. The second-order valence-electron chi connectivity index (χ2n) is 5.98. The first kappa shape index (κ1) is 16.9. The second-order valence-corrected chi connectivity index (χ2v) is 5.98. The molecule has 20 heavy (non-hydrogen) atoms. The largest absolute Gasteiger partial charge is 0.348 e. The van der Waals surface area contributed by atoms with E-state index < -0.39 is 0 Å². The van der Waals surface area contributed by atoms with E-state index in [2.05, 4.69) is 4.90 Å². The molecule has 6 nitrogen and oxygen atoms in total. The summed E-state index contributed by atoms with van der Waals surface area (Å²) in [5, 5.41) is 0. The van der Waals surface area contributed by atoms with Crippen LogP contribution in [0.15, 0.2) is 0 Å². The molecule has 0 radical (unpaired) electrons. The van der Waals surface area contributed by atoms with Gasteiger partial charge in [-0.05, 0) is 5.92 Å². The predicted octanol–water partition coefficient (Wildman–Crippen LogP) is -0.550. The Bertz CT molecular complexity index is 336. The van der Waals surface area contributed by atoms with E-state index in [1.807, 2.05) is 18.7 Å². The molecule has 0 aromatic carbocycles. The molecule has 1 rings (SSSR count). The molecule has 6 heteroatoms. The maximum atomic E-state index is 12.4. The molecule has 1 saturated heterocycles. The van der Waals surface area contributed by atoms with Gasteiger partial charge in [-0.2, -0.15) is 0 Å². The van der Waals surface area contributed by atoms with Gasteiger partial charge < -0.3 is 15.5 Å². The summed E-state index contributed by atoms with van der Waals surface area (Å²) in [6.07, 6.45) is 0. The summed E-state index contributed by atoms with van der Waals surface area (Å²) in [5.41, 5.74) is 5.70. The molecule has 1 heterocycles. The zero-order valence-corrected chi connectivity index (χ0v) is 13.1. The van der Waals surface area contributed by atoms with Crippen LogP contribution >= 0.6 is 0 Å². The molecule has 1 fully saturated rings. The Labute approximate surface area is 121 Å². The van der Waals surface area contributed by atoms with Crippen LogP contribution in [-0.4, -0.2) is 79.9 Å². The Balaban J connectivity index is 2.45. The summed E-state index contributed by atoms with van der Waals surface area (Å²) in [7, 11) is 3.52. The third-order valence-electron chi connectivity index (χ3n) is 3.92. The number of hydrogen-bond acceptors (Lipinski definition) is 4. The molecule has 0 aromatic heterocycles. The maximum Gasteiger partial charge on any atom is 0.236 e. The summed E-state index contributed by atoms with van der Waals surface area (Å²) >= 11 is 0. The lowest BCUT2D eigenvalue weighted by atomic mass is 9.94. The summed E-state index contributed by atoms with van der Waals surface area (Å²) in [6.45, 7) is 7.76. The van der Waals surface area contributed by atoms with Crippen LogP contribution in [0.3, 0.4) is 0 Å². The van der Waals surface area contributed by atoms with Crippen LogP contribution in [0.1, 0.15) is 13.8 Å². The number of likely N-dealkylation sites (N-methyl/N-ethyl adjacent to an activating group) is 1. The quantitative estimate of drug-likeness (QED) is 0.735. The van der Waals surface area contributed by atoms with Crippen molar-refractivity contribution in [1.29, 1.82) is 0 Å². The van der Waals surface area contributed by atoms with Crippen molar-refractivity contribution >= 4 is 11.8 Å². The topological polar surface area (TPSA) is 69.9 Å². The Morgan fingerprint density at radius 2 is 1.70 bits per heavy atom. The Hall–Kier alpha value is -1.14. The molecule has 0 aliphatic carbocycles. The van der Waals surface area contributed by atoms with E-state index in [0.717, 1.165) is 13.1 Å². The normalized spacial score (nSPS) is 18.2. The van der Waals surface area contributed by atoms with Gasteiger partial charge in [0.15, 0.2) is 0 Å². The van der Waals surface area contributed by atoms with E-state index in [-0.39, 0.29) is 23.7 Å². The van der Waals surface area contributed by atoms with E-state index in [0.29, 0.717) is 26.2 Å². The zero-order valence-electron chi connectivity index (χ0n) is 13.1. The van der Waals surface area contributed by atoms with Crippen molar-refractivity contribution in [3.05, 3.63) is 0 Å². The number of carbonyl (C=O) groups is 2. The van der Waals surface area contributed by atoms with E-state index >= 15 is 0 Å². The molecule has 1 atom stereocenters. The van der Waals surface area contributed by atoms with Gasteiger partial charge in [0.1, 0.15) is 0 Å². The predicted molar refractivity (Wildman–Crippen MR) is 79.1 cm³/mol. The van der Waals surface area contributed by atoms with Crippen molar-refractivity contribution in [3.63, 3.8) is 0 Å². The fourth-order valence-electron chi connectivity index (χ4n) is 2.35. The van der Waals surface area contributed by atoms with Crippen LogP contribution in [0.5, 0.6) is 0 Å². The SMILES string of the molecule is CC(C)C(CN)C(=O)N1CCN(CC(=O)N(C)C)CC1. The molecule has 0 aromatic rings. The van der Waals surface area contributed by atoms with Crippen LogP contribution in [0.25, 0.3) is 0 Å². The van der Waals surface area contributed by atoms with Crippen molar-refractivity contribution in [2.75, 3.05) is 53.4 Å². The molecule has 0 saturated carbocycles. The molecule has 0 bridgehead atoms. The first-order valence-electron chi connectivity index (χ1n) is 7.28. The van der Waals surface area contributed by atoms with E-state index in [1.54, 1.807) is 19.0 Å². The molecular formula is C14H28N4O2. The highest BCUT2D eigenvalue weighted by Crippen LogP contribution is 2.14. The van der Waals surface area contributed by atoms with Crippen molar-refractivity contribution in [2.45, 2.75) is 13.8 Å². The second kappa shape index (κ2) is 7.59. The van der Waals surface area contributed by atoms with E-state index in [1.165, 1.54) is 0 Å². The monoisotopic (exact) mass is 284 g/mol. The highest BCUT2D eigenvalue weighted by atomic mass is 16.2. The van der Waals surface area contributed by atoms with Gasteiger partial charge in [0.25, 0.3) is 0 Å². The van der Waals surface area contributed by atoms with Crippen molar-refractivity contribution in [3.8, 4) is 0 Å². The van der Waals surface area contributed by atoms with Gasteiger partial charge in [0.2, 0.25) is 11.8 Å². The summed E-state index contributed by atoms with van der Waals surface area (Å²) in [4.78, 5) is 29.6. The molecule has 1 aliphatic rings. The van der Waals surface area contributed by atoms with Gasteiger partial charge in [-0.25, -0.2) is 0 Å². The Kier molecular flexibility index (Phi) is 6.42. The molecule has 0 spiro atoms. The minimum Gasteiger partial charge on any atom is -0.348 e. The molecule has 2 amide bonds. The van der Waals surface area contributed by atoms with Gasteiger partial charge >= 0.3 is 0 Å². The number of rotatable bonds is 5.